The zero-order chi connectivity index (χ0) is 20.7. The molecule has 0 radical (unpaired) electrons. The Balaban J connectivity index is 1.72. The quantitative estimate of drug-likeness (QED) is 0.494. The largest absolute Gasteiger partial charge is 0.302 e. The number of anilines is 1. The van der Waals surface area contributed by atoms with Gasteiger partial charge in [0.05, 0.1) is 22.9 Å². The standard InChI is InChI=1S/C26H19NO3/c1-25-17-11-5-7-13-19(17)26(15-28,20-14-8-6-12-18(20)25)22-21(25)23(29)27(24(22)30)16-9-3-2-4-10-16/h2-15,21-22H,1H3/t21-,22+,25?,26?/m1/s1. The first-order valence-electron chi connectivity index (χ1n) is 10.2. The van der Waals surface area contributed by atoms with Crippen LogP contribution < -0.4 is 4.90 Å². The van der Waals surface area contributed by atoms with Crippen LogP contribution >= 0.6 is 0 Å². The van der Waals surface area contributed by atoms with Gasteiger partial charge in [0.1, 0.15) is 6.29 Å². The summed E-state index contributed by atoms with van der Waals surface area (Å²) in [7, 11) is 0. The molecule has 3 aliphatic carbocycles. The van der Waals surface area contributed by atoms with Gasteiger partial charge in [-0.1, -0.05) is 73.7 Å². The summed E-state index contributed by atoms with van der Waals surface area (Å²) in [6, 6.07) is 24.6. The molecule has 2 amide bonds. The molecule has 0 N–H and O–H groups in total. The highest BCUT2D eigenvalue weighted by atomic mass is 16.2. The van der Waals surface area contributed by atoms with Crippen LogP contribution in [0.1, 0.15) is 29.2 Å². The lowest BCUT2D eigenvalue weighted by molar-refractivity contribution is -0.129. The lowest BCUT2D eigenvalue weighted by Gasteiger charge is -2.56. The fourth-order valence-electron chi connectivity index (χ4n) is 6.30. The Labute approximate surface area is 174 Å². The molecule has 2 atom stereocenters. The van der Waals surface area contributed by atoms with Gasteiger partial charge in [-0.2, -0.15) is 0 Å². The van der Waals surface area contributed by atoms with Crippen LogP contribution in [0.5, 0.6) is 0 Å². The molecular formula is C26H19NO3. The molecule has 4 heteroatoms. The maximum atomic E-state index is 13.8. The molecule has 1 saturated heterocycles. The molecule has 3 aromatic carbocycles. The first-order valence-corrected chi connectivity index (χ1v) is 10.2. The van der Waals surface area contributed by atoms with Gasteiger partial charge < -0.3 is 4.79 Å². The van der Waals surface area contributed by atoms with Crippen molar-refractivity contribution in [3.05, 3.63) is 101 Å². The van der Waals surface area contributed by atoms with Crippen molar-refractivity contribution in [3.63, 3.8) is 0 Å². The Hall–Kier alpha value is -3.53. The Bertz CT molecular complexity index is 1200. The van der Waals surface area contributed by atoms with E-state index in [4.69, 9.17) is 0 Å². The van der Waals surface area contributed by atoms with Gasteiger partial charge in [-0.05, 0) is 34.4 Å². The number of amides is 2. The van der Waals surface area contributed by atoms with Gasteiger partial charge in [0.25, 0.3) is 0 Å². The summed E-state index contributed by atoms with van der Waals surface area (Å²) in [5, 5.41) is 0. The zero-order valence-electron chi connectivity index (χ0n) is 16.4. The second-order valence-corrected chi connectivity index (χ2v) is 8.58. The molecule has 146 valence electrons. The third kappa shape index (κ3) is 1.68. The van der Waals surface area contributed by atoms with E-state index in [9.17, 15) is 14.4 Å². The lowest BCUT2D eigenvalue weighted by Crippen LogP contribution is -2.61. The van der Waals surface area contributed by atoms with Crippen molar-refractivity contribution in [2.75, 3.05) is 4.90 Å². The minimum Gasteiger partial charge on any atom is -0.302 e. The van der Waals surface area contributed by atoms with Gasteiger partial charge >= 0.3 is 0 Å². The number of rotatable bonds is 2. The van der Waals surface area contributed by atoms with Crippen LogP contribution in [0.2, 0.25) is 0 Å². The van der Waals surface area contributed by atoms with E-state index in [1.54, 1.807) is 12.1 Å². The number of hydrogen-bond acceptors (Lipinski definition) is 3. The minimum atomic E-state index is -1.16. The van der Waals surface area contributed by atoms with E-state index in [0.29, 0.717) is 5.69 Å². The van der Waals surface area contributed by atoms with E-state index >= 15 is 0 Å². The van der Waals surface area contributed by atoms with Crippen LogP contribution in [0.25, 0.3) is 0 Å². The van der Waals surface area contributed by atoms with E-state index < -0.39 is 22.7 Å². The highest BCUT2D eigenvalue weighted by molar-refractivity contribution is 6.25. The molecular weight excluding hydrogens is 374 g/mol. The second-order valence-electron chi connectivity index (χ2n) is 8.58. The number of imide groups is 1. The normalized spacial score (nSPS) is 30.6. The van der Waals surface area contributed by atoms with Crippen LogP contribution in [0.4, 0.5) is 5.69 Å². The van der Waals surface area contributed by atoms with Crippen molar-refractivity contribution < 1.29 is 14.4 Å². The number of nitrogens with zero attached hydrogens (tertiary/aromatic N) is 1. The van der Waals surface area contributed by atoms with Crippen molar-refractivity contribution >= 4 is 23.8 Å². The first-order chi connectivity index (χ1) is 14.6. The zero-order valence-corrected chi connectivity index (χ0v) is 16.4. The van der Waals surface area contributed by atoms with E-state index in [-0.39, 0.29) is 11.8 Å². The monoisotopic (exact) mass is 393 g/mol. The Morgan fingerprint density at radius 2 is 1.17 bits per heavy atom. The smallest absolute Gasteiger partial charge is 0.239 e. The molecule has 4 nitrogen and oxygen atoms in total. The van der Waals surface area contributed by atoms with E-state index in [1.165, 1.54) is 4.90 Å². The molecule has 0 saturated carbocycles. The molecule has 0 aromatic heterocycles. The third-order valence-corrected chi connectivity index (χ3v) is 7.48. The molecule has 3 aromatic rings. The SMILES string of the molecule is CC12c3ccccc3C(C=O)(c3ccccc31)[C@@H]1C(=O)N(c3ccccc3)C(=O)[C@@H]12. The minimum absolute atomic E-state index is 0.228. The number of benzene rings is 3. The van der Waals surface area contributed by atoms with Crippen molar-refractivity contribution in [2.24, 2.45) is 11.8 Å². The Morgan fingerprint density at radius 1 is 0.700 bits per heavy atom. The van der Waals surface area contributed by atoms with Gasteiger partial charge in [0.15, 0.2) is 0 Å². The van der Waals surface area contributed by atoms with Gasteiger partial charge in [0.2, 0.25) is 11.8 Å². The fraction of sp³-hybridized carbons (Fsp3) is 0.192. The van der Waals surface area contributed by atoms with Gasteiger partial charge in [-0.15, -0.1) is 0 Å². The Morgan fingerprint density at radius 3 is 1.70 bits per heavy atom. The first kappa shape index (κ1) is 17.3. The summed E-state index contributed by atoms with van der Waals surface area (Å²) in [6.45, 7) is 2.05. The van der Waals surface area contributed by atoms with Crippen molar-refractivity contribution in [3.8, 4) is 0 Å². The molecule has 4 aliphatic rings. The summed E-state index contributed by atoms with van der Waals surface area (Å²) < 4.78 is 0. The van der Waals surface area contributed by atoms with Crippen LogP contribution in [-0.4, -0.2) is 18.1 Å². The van der Waals surface area contributed by atoms with Gasteiger partial charge in [-0.25, -0.2) is 4.90 Å². The number of hydrogen-bond donors (Lipinski definition) is 0. The van der Waals surface area contributed by atoms with E-state index in [0.717, 1.165) is 28.5 Å². The third-order valence-electron chi connectivity index (χ3n) is 7.48. The van der Waals surface area contributed by atoms with Gasteiger partial charge in [-0.3, -0.25) is 9.59 Å². The van der Waals surface area contributed by atoms with E-state index in [1.807, 2.05) is 66.7 Å². The lowest BCUT2D eigenvalue weighted by atomic mass is 9.42. The summed E-state index contributed by atoms with van der Waals surface area (Å²) in [4.78, 5) is 41.8. The van der Waals surface area contributed by atoms with Crippen LogP contribution in [0.15, 0.2) is 78.9 Å². The Kier molecular flexibility index (Phi) is 3.20. The molecule has 0 spiro atoms. The highest BCUT2D eigenvalue weighted by Crippen LogP contribution is 2.66. The van der Waals surface area contributed by atoms with Crippen LogP contribution in [0, 0.1) is 11.8 Å². The highest BCUT2D eigenvalue weighted by Gasteiger charge is 2.72. The number of carbonyl (C=O) groups is 3. The van der Waals surface area contributed by atoms with Crippen molar-refractivity contribution in [1.82, 2.24) is 0 Å². The van der Waals surface area contributed by atoms with Crippen LogP contribution in [-0.2, 0) is 25.2 Å². The summed E-state index contributed by atoms with van der Waals surface area (Å²) in [5.41, 5.74) is 2.34. The number of aldehydes is 1. The molecule has 1 aliphatic heterocycles. The molecule has 7 rings (SSSR count). The molecule has 1 heterocycles. The molecule has 1 fully saturated rings. The average molecular weight is 393 g/mol. The topological polar surface area (TPSA) is 54.5 Å². The van der Waals surface area contributed by atoms with Crippen LogP contribution in [0.3, 0.4) is 0 Å². The van der Waals surface area contributed by atoms with Crippen molar-refractivity contribution in [2.45, 2.75) is 17.8 Å². The van der Waals surface area contributed by atoms with Crippen molar-refractivity contribution in [1.29, 1.82) is 0 Å². The summed E-state index contributed by atoms with van der Waals surface area (Å²) in [5.74, 6) is -1.90. The second kappa shape index (κ2) is 5.54. The summed E-state index contributed by atoms with van der Waals surface area (Å²) in [6.07, 6.45) is 0.904. The van der Waals surface area contributed by atoms with E-state index in [2.05, 4.69) is 6.92 Å². The molecule has 0 unspecified atom stereocenters. The number of para-hydroxylation sites is 1. The maximum absolute atomic E-state index is 13.8. The molecule has 2 bridgehead atoms. The maximum Gasteiger partial charge on any atom is 0.239 e. The average Bonchev–Trinajstić information content (AvgIpc) is 3.07. The number of carbonyl (C=O) groups excluding carboxylic acids is 3. The molecule has 30 heavy (non-hydrogen) atoms. The fourth-order valence-corrected chi connectivity index (χ4v) is 6.30. The summed E-state index contributed by atoms with van der Waals surface area (Å²) >= 11 is 0. The predicted octanol–water partition coefficient (Wildman–Crippen LogP) is 3.61. The van der Waals surface area contributed by atoms with Gasteiger partial charge in [0, 0.05) is 5.41 Å². The predicted molar refractivity (Wildman–Crippen MR) is 112 cm³/mol.